The quantitative estimate of drug-likeness (QED) is 0.553. The molecule has 3 atom stereocenters. The Balaban J connectivity index is 1.69. The summed E-state index contributed by atoms with van der Waals surface area (Å²) in [6.07, 6.45) is 0.112. The van der Waals surface area contributed by atoms with Crippen LogP contribution >= 0.6 is 11.6 Å². The van der Waals surface area contributed by atoms with E-state index in [0.29, 0.717) is 10.7 Å². The lowest BCUT2D eigenvalue weighted by Crippen LogP contribution is -2.54. The van der Waals surface area contributed by atoms with Crippen LogP contribution < -0.4 is 0 Å². The fraction of sp³-hybridized carbons (Fsp3) is 0.280. The lowest BCUT2D eigenvalue weighted by atomic mass is 9.75. The monoisotopic (exact) mass is 437 g/mol. The molecular formula is C25H24ClNO4. The third-order valence-corrected chi connectivity index (χ3v) is 5.73. The summed E-state index contributed by atoms with van der Waals surface area (Å²) < 4.78 is 12.6. The van der Waals surface area contributed by atoms with Crippen molar-refractivity contribution in [2.45, 2.75) is 43.9 Å². The zero-order valence-electron chi connectivity index (χ0n) is 17.0. The highest BCUT2D eigenvalue weighted by molar-refractivity contribution is 6.29. The summed E-state index contributed by atoms with van der Waals surface area (Å²) in [5, 5.41) is 10.9. The van der Waals surface area contributed by atoms with Gasteiger partial charge in [0, 0.05) is 24.6 Å². The molecule has 1 aromatic heterocycles. The molecule has 0 aliphatic heterocycles. The van der Waals surface area contributed by atoms with Gasteiger partial charge in [-0.3, -0.25) is 4.79 Å². The Bertz CT molecular complexity index is 997. The molecule has 0 bridgehead atoms. The van der Waals surface area contributed by atoms with Gasteiger partial charge in [-0.2, -0.15) is 0 Å². The highest BCUT2D eigenvalue weighted by Crippen LogP contribution is 2.42. The second-order valence-corrected chi connectivity index (χ2v) is 8.13. The van der Waals surface area contributed by atoms with Crippen molar-refractivity contribution >= 4 is 17.4 Å². The number of Topliss-reactive ketones (excluding diaryl/α,β-unsaturated/α-hetero) is 1. The zero-order chi connectivity index (χ0) is 21.7. The summed E-state index contributed by atoms with van der Waals surface area (Å²) in [5.74, 6) is -0.197. The van der Waals surface area contributed by atoms with Crippen LogP contribution in [-0.4, -0.2) is 28.1 Å². The van der Waals surface area contributed by atoms with Crippen LogP contribution in [0, 0.1) is 0 Å². The van der Waals surface area contributed by atoms with Crippen molar-refractivity contribution in [2.75, 3.05) is 0 Å². The number of hydrogen-bond donors (Lipinski definition) is 1. The van der Waals surface area contributed by atoms with Crippen LogP contribution in [0.5, 0.6) is 0 Å². The third-order valence-electron chi connectivity index (χ3n) is 5.51. The van der Waals surface area contributed by atoms with E-state index in [1.54, 1.807) is 18.3 Å². The summed E-state index contributed by atoms with van der Waals surface area (Å²) >= 11 is 6.00. The number of rotatable bonds is 7. The number of aliphatic hydroxyl groups is 1. The predicted molar refractivity (Wildman–Crippen MR) is 117 cm³/mol. The zero-order valence-corrected chi connectivity index (χ0v) is 17.7. The van der Waals surface area contributed by atoms with Gasteiger partial charge in [0.25, 0.3) is 0 Å². The number of benzene rings is 2. The average Bonchev–Trinajstić information content (AvgIpc) is 2.79. The maximum Gasteiger partial charge on any atom is 0.167 e. The smallest absolute Gasteiger partial charge is 0.167 e. The Morgan fingerprint density at radius 1 is 0.968 bits per heavy atom. The highest BCUT2D eigenvalue weighted by Gasteiger charge is 2.52. The lowest BCUT2D eigenvalue weighted by molar-refractivity contribution is -0.199. The van der Waals surface area contributed by atoms with E-state index in [-0.39, 0.29) is 31.8 Å². The number of nitrogens with zero attached hydrogens (tertiary/aromatic N) is 1. The van der Waals surface area contributed by atoms with Crippen LogP contribution in [0.1, 0.15) is 29.5 Å². The average molecular weight is 438 g/mol. The molecule has 5 nitrogen and oxygen atoms in total. The number of halogens is 1. The molecule has 1 heterocycles. The van der Waals surface area contributed by atoms with Crippen molar-refractivity contribution in [2.24, 2.45) is 0 Å². The molecule has 0 unspecified atom stereocenters. The van der Waals surface area contributed by atoms with E-state index in [1.807, 2.05) is 60.7 Å². The number of hydrogen-bond acceptors (Lipinski definition) is 5. The van der Waals surface area contributed by atoms with Crippen molar-refractivity contribution in [3.8, 4) is 0 Å². The second kappa shape index (κ2) is 9.71. The first-order valence-electron chi connectivity index (χ1n) is 10.2. The largest absolute Gasteiger partial charge is 0.393 e. The van der Waals surface area contributed by atoms with E-state index in [4.69, 9.17) is 21.1 Å². The van der Waals surface area contributed by atoms with Gasteiger partial charge in [0.2, 0.25) is 0 Å². The van der Waals surface area contributed by atoms with E-state index in [2.05, 4.69) is 4.98 Å². The number of aromatic nitrogens is 1. The van der Waals surface area contributed by atoms with Crippen molar-refractivity contribution in [3.63, 3.8) is 0 Å². The molecule has 31 heavy (non-hydrogen) atoms. The molecule has 0 amide bonds. The van der Waals surface area contributed by atoms with E-state index in [0.717, 1.165) is 11.1 Å². The maximum absolute atomic E-state index is 13.1. The minimum atomic E-state index is -1.18. The molecule has 6 heteroatoms. The van der Waals surface area contributed by atoms with E-state index in [1.165, 1.54) is 0 Å². The molecule has 0 saturated heterocycles. The van der Waals surface area contributed by atoms with Crippen molar-refractivity contribution in [3.05, 3.63) is 101 Å². The van der Waals surface area contributed by atoms with E-state index < -0.39 is 17.8 Å². The van der Waals surface area contributed by atoms with E-state index >= 15 is 0 Å². The molecule has 1 saturated carbocycles. The first-order chi connectivity index (χ1) is 15.1. The summed E-state index contributed by atoms with van der Waals surface area (Å²) in [5.41, 5.74) is 1.38. The molecule has 0 radical (unpaired) electrons. The summed E-state index contributed by atoms with van der Waals surface area (Å²) in [6.45, 7) is 0.513. The molecule has 0 spiro atoms. The van der Waals surface area contributed by atoms with Gasteiger partial charge in [0.15, 0.2) is 5.78 Å². The number of ketones is 1. The second-order valence-electron chi connectivity index (χ2n) is 7.74. The molecule has 1 N–H and O–H groups in total. The first kappa shape index (κ1) is 21.7. The Hall–Kier alpha value is -2.57. The van der Waals surface area contributed by atoms with Gasteiger partial charge < -0.3 is 14.6 Å². The highest BCUT2D eigenvalue weighted by atomic mass is 35.5. The van der Waals surface area contributed by atoms with Crippen LogP contribution in [0.25, 0.3) is 0 Å². The molecule has 2 aromatic carbocycles. The predicted octanol–water partition coefficient (Wildman–Crippen LogP) is 4.46. The number of carbonyl (C=O) groups is 1. The van der Waals surface area contributed by atoms with Gasteiger partial charge in [-0.1, -0.05) is 78.3 Å². The summed E-state index contributed by atoms with van der Waals surface area (Å²) in [6, 6.07) is 22.8. The van der Waals surface area contributed by atoms with Crippen molar-refractivity contribution < 1.29 is 19.4 Å². The SMILES string of the molecule is O=C1C[C@@H](O)C[C@@](OCc2ccccc2)(c2ccc(Cl)nc2)[C@@H]1OCc1ccccc1. The fourth-order valence-electron chi connectivity index (χ4n) is 4.01. The molecule has 1 fully saturated rings. The Kier molecular flexibility index (Phi) is 6.78. The van der Waals surface area contributed by atoms with Crippen LogP contribution in [0.4, 0.5) is 0 Å². The molecule has 160 valence electrons. The fourth-order valence-corrected chi connectivity index (χ4v) is 4.12. The summed E-state index contributed by atoms with van der Waals surface area (Å²) in [7, 11) is 0. The van der Waals surface area contributed by atoms with Gasteiger partial charge in [-0.05, 0) is 17.2 Å². The van der Waals surface area contributed by atoms with Crippen molar-refractivity contribution in [1.82, 2.24) is 4.98 Å². The van der Waals surface area contributed by atoms with Crippen LogP contribution in [0.15, 0.2) is 79.0 Å². The molecule has 1 aliphatic carbocycles. The Morgan fingerprint density at radius 2 is 1.61 bits per heavy atom. The topological polar surface area (TPSA) is 68.7 Å². The third kappa shape index (κ3) is 5.02. The minimum Gasteiger partial charge on any atom is -0.393 e. The molecule has 4 rings (SSSR count). The number of aliphatic hydroxyl groups excluding tert-OH is 1. The Labute approximate surface area is 186 Å². The van der Waals surface area contributed by atoms with Gasteiger partial charge in [-0.15, -0.1) is 0 Å². The summed E-state index contributed by atoms with van der Waals surface area (Å²) in [4.78, 5) is 17.3. The standard InChI is InChI=1S/C25H24ClNO4/c26-23-12-11-20(15-27-23)25(31-17-19-9-5-2-6-10-19)14-21(28)13-22(29)24(25)30-16-18-7-3-1-4-8-18/h1-12,15,21,24,28H,13-14,16-17H2/t21-,24-,25-/m1/s1. The van der Waals surface area contributed by atoms with Gasteiger partial charge in [0.05, 0.1) is 19.3 Å². The Morgan fingerprint density at radius 3 is 2.23 bits per heavy atom. The van der Waals surface area contributed by atoms with Gasteiger partial charge >= 0.3 is 0 Å². The number of pyridine rings is 1. The molecule has 3 aromatic rings. The molecule has 1 aliphatic rings. The van der Waals surface area contributed by atoms with E-state index in [9.17, 15) is 9.90 Å². The number of carbonyl (C=O) groups excluding carboxylic acids is 1. The van der Waals surface area contributed by atoms with Crippen LogP contribution in [0.2, 0.25) is 5.15 Å². The lowest BCUT2D eigenvalue weighted by Gasteiger charge is -2.44. The van der Waals surface area contributed by atoms with Gasteiger partial charge in [-0.25, -0.2) is 4.98 Å². The maximum atomic E-state index is 13.1. The van der Waals surface area contributed by atoms with Crippen LogP contribution in [-0.2, 0) is 33.1 Å². The van der Waals surface area contributed by atoms with Crippen molar-refractivity contribution in [1.29, 1.82) is 0 Å². The normalized spacial score (nSPS) is 23.6. The van der Waals surface area contributed by atoms with Gasteiger partial charge in [0.1, 0.15) is 16.9 Å². The minimum absolute atomic E-state index is 0.0247. The first-order valence-corrected chi connectivity index (χ1v) is 10.6. The molecular weight excluding hydrogens is 414 g/mol. The van der Waals surface area contributed by atoms with Crippen LogP contribution in [0.3, 0.4) is 0 Å². The number of ether oxygens (including phenoxy) is 2.